The van der Waals surface area contributed by atoms with Crippen LogP contribution >= 0.6 is 0 Å². The van der Waals surface area contributed by atoms with Crippen molar-refractivity contribution in [3.05, 3.63) is 80.5 Å². The fourth-order valence-electron chi connectivity index (χ4n) is 5.58. The SMILES string of the molecule is CCCc1cc(C)[nH]c(=O)c1CNC(=O)c1cc(-c2ccc(C(F)(F)F)nc2)cc2c1CCN2CC1CCC1. The Bertz CT molecular complexity index is 1430. The molecule has 0 bridgehead atoms. The average molecular weight is 539 g/mol. The molecule has 39 heavy (non-hydrogen) atoms. The topological polar surface area (TPSA) is 78.1 Å². The fraction of sp³-hybridized carbons (Fsp3) is 0.433. The number of aryl methyl sites for hydroxylation is 2. The molecule has 206 valence electrons. The van der Waals surface area contributed by atoms with Crippen LogP contribution in [0.3, 0.4) is 0 Å². The van der Waals surface area contributed by atoms with E-state index in [4.69, 9.17) is 0 Å². The van der Waals surface area contributed by atoms with E-state index < -0.39 is 11.9 Å². The minimum Gasteiger partial charge on any atom is -0.371 e. The number of amides is 1. The van der Waals surface area contributed by atoms with E-state index in [1.807, 2.05) is 26.0 Å². The van der Waals surface area contributed by atoms with Gasteiger partial charge in [-0.1, -0.05) is 25.8 Å². The molecule has 0 unspecified atom stereocenters. The van der Waals surface area contributed by atoms with E-state index in [-0.39, 0.29) is 18.0 Å². The zero-order valence-electron chi connectivity index (χ0n) is 22.3. The molecule has 1 saturated carbocycles. The Hall–Kier alpha value is -3.62. The first-order valence-corrected chi connectivity index (χ1v) is 13.6. The van der Waals surface area contributed by atoms with Gasteiger partial charge >= 0.3 is 6.18 Å². The predicted molar refractivity (Wildman–Crippen MR) is 145 cm³/mol. The van der Waals surface area contributed by atoms with E-state index in [0.29, 0.717) is 34.6 Å². The fourth-order valence-corrected chi connectivity index (χ4v) is 5.58. The van der Waals surface area contributed by atoms with E-state index >= 15 is 0 Å². The molecule has 3 heterocycles. The Kier molecular flexibility index (Phi) is 7.51. The van der Waals surface area contributed by atoms with Gasteiger partial charge in [0.05, 0.1) is 0 Å². The third-order valence-corrected chi connectivity index (χ3v) is 7.84. The zero-order valence-corrected chi connectivity index (χ0v) is 22.3. The van der Waals surface area contributed by atoms with E-state index in [2.05, 4.69) is 20.2 Å². The molecule has 5 rings (SSSR count). The van der Waals surface area contributed by atoms with Crippen LogP contribution in [-0.2, 0) is 25.6 Å². The van der Waals surface area contributed by atoms with Crippen molar-refractivity contribution in [1.29, 1.82) is 0 Å². The van der Waals surface area contributed by atoms with Crippen LogP contribution in [0.1, 0.15) is 71.0 Å². The lowest BCUT2D eigenvalue weighted by Crippen LogP contribution is -2.31. The van der Waals surface area contributed by atoms with Gasteiger partial charge in [-0.3, -0.25) is 14.6 Å². The molecule has 1 fully saturated rings. The summed E-state index contributed by atoms with van der Waals surface area (Å²) >= 11 is 0. The van der Waals surface area contributed by atoms with Gasteiger partial charge in [0.2, 0.25) is 0 Å². The number of alkyl halides is 3. The highest BCUT2D eigenvalue weighted by atomic mass is 19.4. The molecule has 6 nitrogen and oxygen atoms in total. The third kappa shape index (κ3) is 5.72. The van der Waals surface area contributed by atoms with Crippen molar-refractivity contribution in [3.8, 4) is 11.1 Å². The number of hydrogen-bond donors (Lipinski definition) is 2. The number of carbonyl (C=O) groups excluding carboxylic acids is 1. The number of hydrogen-bond acceptors (Lipinski definition) is 4. The second-order valence-corrected chi connectivity index (χ2v) is 10.7. The number of rotatable bonds is 8. The van der Waals surface area contributed by atoms with Crippen LogP contribution in [0, 0.1) is 12.8 Å². The van der Waals surface area contributed by atoms with Gasteiger partial charge in [0.1, 0.15) is 5.69 Å². The Labute approximate surface area is 225 Å². The second-order valence-electron chi connectivity index (χ2n) is 10.7. The first kappa shape index (κ1) is 27.0. The number of H-pyrrole nitrogens is 1. The van der Waals surface area contributed by atoms with Crippen LogP contribution in [0.4, 0.5) is 18.9 Å². The van der Waals surface area contributed by atoms with Gasteiger partial charge in [0.25, 0.3) is 11.5 Å². The summed E-state index contributed by atoms with van der Waals surface area (Å²) < 4.78 is 39.3. The highest BCUT2D eigenvalue weighted by Gasteiger charge is 2.33. The van der Waals surface area contributed by atoms with E-state index in [0.717, 1.165) is 54.5 Å². The monoisotopic (exact) mass is 538 g/mol. The van der Waals surface area contributed by atoms with Gasteiger partial charge in [-0.05, 0) is 79.5 Å². The maximum absolute atomic E-state index is 13.6. The quantitative estimate of drug-likeness (QED) is 0.380. The summed E-state index contributed by atoms with van der Waals surface area (Å²) in [6.45, 7) is 5.67. The van der Waals surface area contributed by atoms with Gasteiger partial charge in [-0.2, -0.15) is 13.2 Å². The molecule has 0 atom stereocenters. The lowest BCUT2D eigenvalue weighted by Gasteiger charge is -2.31. The standard InChI is InChI=1S/C30H33F3N4O2/c1-3-5-20-12-18(2)36-29(39)25(20)16-35-28(38)24-13-22(21-8-9-27(34-15-21)30(31,32)33)14-26-23(24)10-11-37(26)17-19-6-4-7-19/h8-9,12-15,19H,3-7,10-11,16-17H2,1-2H3,(H,35,38)(H,36,39). The van der Waals surface area contributed by atoms with Crippen LogP contribution in [0.5, 0.6) is 0 Å². The van der Waals surface area contributed by atoms with Gasteiger partial charge in [0, 0.05) is 53.9 Å². The minimum atomic E-state index is -4.52. The van der Waals surface area contributed by atoms with Crippen LogP contribution in [0.2, 0.25) is 0 Å². The Morgan fingerprint density at radius 3 is 2.62 bits per heavy atom. The molecular formula is C30H33F3N4O2. The molecule has 1 aromatic carbocycles. The van der Waals surface area contributed by atoms with Crippen molar-refractivity contribution < 1.29 is 18.0 Å². The van der Waals surface area contributed by atoms with E-state index in [1.54, 1.807) is 6.07 Å². The molecular weight excluding hydrogens is 505 g/mol. The van der Waals surface area contributed by atoms with Gasteiger partial charge in [0.15, 0.2) is 0 Å². The molecule has 2 aromatic heterocycles. The number of fused-ring (bicyclic) bond motifs is 1. The number of pyridine rings is 2. The summed E-state index contributed by atoms with van der Waals surface area (Å²) in [7, 11) is 0. The van der Waals surface area contributed by atoms with Gasteiger partial charge < -0.3 is 15.2 Å². The summed E-state index contributed by atoms with van der Waals surface area (Å²) in [5.41, 5.74) is 4.59. The Balaban J connectivity index is 1.48. The number of carbonyl (C=O) groups is 1. The van der Waals surface area contributed by atoms with Crippen LogP contribution in [0.25, 0.3) is 11.1 Å². The Morgan fingerprint density at radius 1 is 1.18 bits per heavy atom. The number of nitrogens with one attached hydrogen (secondary N) is 2. The number of benzene rings is 1. The lowest BCUT2D eigenvalue weighted by molar-refractivity contribution is -0.141. The van der Waals surface area contributed by atoms with Crippen molar-refractivity contribution in [1.82, 2.24) is 15.3 Å². The van der Waals surface area contributed by atoms with Crippen molar-refractivity contribution >= 4 is 11.6 Å². The number of anilines is 1. The number of halogens is 3. The first-order valence-electron chi connectivity index (χ1n) is 13.6. The predicted octanol–water partition coefficient (Wildman–Crippen LogP) is 5.81. The summed E-state index contributed by atoms with van der Waals surface area (Å²) in [5, 5.41) is 2.95. The highest BCUT2D eigenvalue weighted by Crippen LogP contribution is 2.39. The molecule has 3 aromatic rings. The van der Waals surface area contributed by atoms with Crippen LogP contribution in [-0.4, -0.2) is 29.0 Å². The molecule has 1 amide bonds. The van der Waals surface area contributed by atoms with Gasteiger partial charge in [-0.25, -0.2) is 0 Å². The summed E-state index contributed by atoms with van der Waals surface area (Å²) in [6, 6.07) is 8.01. The third-order valence-electron chi connectivity index (χ3n) is 7.84. The van der Waals surface area contributed by atoms with E-state index in [1.165, 1.54) is 31.5 Å². The summed E-state index contributed by atoms with van der Waals surface area (Å²) in [6.07, 6.45) is 2.61. The molecule has 0 radical (unpaired) electrons. The highest BCUT2D eigenvalue weighted by molar-refractivity contribution is 5.99. The number of aromatic nitrogens is 2. The number of aromatic amines is 1. The second kappa shape index (κ2) is 10.9. The van der Waals surface area contributed by atoms with Gasteiger partial charge in [-0.15, -0.1) is 0 Å². The smallest absolute Gasteiger partial charge is 0.371 e. The summed E-state index contributed by atoms with van der Waals surface area (Å²) in [4.78, 5) is 35.0. The molecule has 1 aliphatic heterocycles. The van der Waals surface area contributed by atoms with Crippen LogP contribution in [0.15, 0.2) is 41.3 Å². The maximum atomic E-state index is 13.6. The number of nitrogens with zero attached hydrogens (tertiary/aromatic N) is 2. The van der Waals surface area contributed by atoms with Crippen molar-refractivity contribution in [3.63, 3.8) is 0 Å². The maximum Gasteiger partial charge on any atom is 0.433 e. The minimum absolute atomic E-state index is 0.0937. The van der Waals surface area contributed by atoms with Crippen molar-refractivity contribution in [2.75, 3.05) is 18.0 Å². The molecule has 0 spiro atoms. The van der Waals surface area contributed by atoms with Crippen LogP contribution < -0.4 is 15.8 Å². The normalized spacial score (nSPS) is 15.3. The molecule has 9 heteroatoms. The molecule has 2 aliphatic rings. The Morgan fingerprint density at radius 2 is 1.97 bits per heavy atom. The van der Waals surface area contributed by atoms with Crippen molar-refractivity contribution in [2.45, 2.75) is 65.1 Å². The average Bonchev–Trinajstić information content (AvgIpc) is 3.27. The summed E-state index contributed by atoms with van der Waals surface area (Å²) in [5.74, 6) is 0.316. The molecule has 1 aliphatic carbocycles. The van der Waals surface area contributed by atoms with Crippen molar-refractivity contribution in [2.24, 2.45) is 5.92 Å². The molecule has 0 saturated heterocycles. The van der Waals surface area contributed by atoms with E-state index in [9.17, 15) is 22.8 Å². The lowest BCUT2D eigenvalue weighted by atomic mass is 9.85. The first-order chi connectivity index (χ1) is 18.6. The molecule has 2 N–H and O–H groups in total. The largest absolute Gasteiger partial charge is 0.433 e. The zero-order chi connectivity index (χ0) is 27.7.